The van der Waals surface area contributed by atoms with E-state index in [1.54, 1.807) is 6.07 Å². The number of rotatable bonds is 5. The van der Waals surface area contributed by atoms with Crippen molar-refractivity contribution in [2.24, 2.45) is 5.92 Å². The molecule has 0 aromatic heterocycles. The van der Waals surface area contributed by atoms with Gasteiger partial charge in [-0.05, 0) is 24.5 Å². The van der Waals surface area contributed by atoms with Crippen molar-refractivity contribution in [3.8, 4) is 0 Å². The van der Waals surface area contributed by atoms with E-state index in [2.05, 4.69) is 10.6 Å². The summed E-state index contributed by atoms with van der Waals surface area (Å²) in [5.41, 5.74) is -0.0124. The Bertz CT molecular complexity index is 463. The van der Waals surface area contributed by atoms with Crippen LogP contribution in [0.15, 0.2) is 24.3 Å². The second kappa shape index (κ2) is 6.72. The number of urea groups is 1. The Morgan fingerprint density at radius 3 is 2.47 bits per heavy atom. The Hall–Kier alpha value is -2.11. The summed E-state index contributed by atoms with van der Waals surface area (Å²) in [6.45, 7) is 3.65. The van der Waals surface area contributed by atoms with Crippen LogP contribution in [0.5, 0.6) is 0 Å². The monoisotopic (exact) mass is 267 g/mol. The van der Waals surface area contributed by atoms with Gasteiger partial charge in [0.1, 0.15) is 5.82 Å². The summed E-state index contributed by atoms with van der Waals surface area (Å²) in [5.74, 6) is -1.87. The summed E-state index contributed by atoms with van der Waals surface area (Å²) in [7, 11) is 0. The molecule has 2 N–H and O–H groups in total. The molecule has 0 bridgehead atoms. The SMILES string of the molecule is CC(C)C[C@H](NC(=O)Nc1ccccc1F)C(=O)[O-]. The molecule has 2 amide bonds. The summed E-state index contributed by atoms with van der Waals surface area (Å²) in [6, 6.07) is 3.74. The number of aliphatic carboxylic acids is 1. The van der Waals surface area contributed by atoms with Crippen LogP contribution >= 0.6 is 0 Å². The van der Waals surface area contributed by atoms with Gasteiger partial charge in [0.15, 0.2) is 0 Å². The number of halogens is 1. The van der Waals surface area contributed by atoms with Crippen LogP contribution in [-0.4, -0.2) is 18.0 Å². The van der Waals surface area contributed by atoms with Crippen LogP contribution in [0.25, 0.3) is 0 Å². The lowest BCUT2D eigenvalue weighted by Gasteiger charge is -2.21. The third-order valence-electron chi connectivity index (χ3n) is 2.42. The maximum Gasteiger partial charge on any atom is 0.319 e. The van der Waals surface area contributed by atoms with Crippen LogP contribution in [0.2, 0.25) is 0 Å². The van der Waals surface area contributed by atoms with Gasteiger partial charge in [-0.2, -0.15) is 0 Å². The van der Waals surface area contributed by atoms with E-state index in [9.17, 15) is 19.1 Å². The highest BCUT2D eigenvalue weighted by atomic mass is 19.1. The van der Waals surface area contributed by atoms with Gasteiger partial charge in [-0.25, -0.2) is 9.18 Å². The van der Waals surface area contributed by atoms with Crippen LogP contribution < -0.4 is 15.7 Å². The van der Waals surface area contributed by atoms with Gasteiger partial charge in [-0.3, -0.25) is 0 Å². The lowest BCUT2D eigenvalue weighted by Crippen LogP contribution is -2.49. The normalized spacial score (nSPS) is 12.0. The van der Waals surface area contributed by atoms with E-state index < -0.39 is 23.9 Å². The van der Waals surface area contributed by atoms with Crippen molar-refractivity contribution in [3.63, 3.8) is 0 Å². The van der Waals surface area contributed by atoms with E-state index >= 15 is 0 Å². The number of anilines is 1. The maximum absolute atomic E-state index is 13.3. The lowest BCUT2D eigenvalue weighted by molar-refractivity contribution is -0.308. The van der Waals surface area contributed by atoms with Crippen molar-refractivity contribution in [3.05, 3.63) is 30.1 Å². The minimum absolute atomic E-state index is 0.0124. The molecule has 5 nitrogen and oxygen atoms in total. The molecule has 0 aliphatic heterocycles. The van der Waals surface area contributed by atoms with Crippen molar-refractivity contribution in [1.82, 2.24) is 5.32 Å². The van der Waals surface area contributed by atoms with Gasteiger partial charge in [0, 0.05) is 0 Å². The number of para-hydroxylation sites is 1. The first-order valence-electron chi connectivity index (χ1n) is 5.93. The number of carboxylic acids is 1. The molecule has 6 heteroatoms. The van der Waals surface area contributed by atoms with Crippen molar-refractivity contribution in [2.45, 2.75) is 26.3 Å². The molecule has 1 aromatic rings. The number of hydrogen-bond acceptors (Lipinski definition) is 3. The van der Waals surface area contributed by atoms with Crippen LogP contribution in [0, 0.1) is 11.7 Å². The molecule has 19 heavy (non-hydrogen) atoms. The minimum Gasteiger partial charge on any atom is -0.548 e. The molecule has 0 heterocycles. The Morgan fingerprint density at radius 1 is 1.32 bits per heavy atom. The fourth-order valence-electron chi connectivity index (χ4n) is 1.56. The zero-order chi connectivity index (χ0) is 14.4. The van der Waals surface area contributed by atoms with Gasteiger partial charge < -0.3 is 20.5 Å². The van der Waals surface area contributed by atoms with Gasteiger partial charge in [-0.1, -0.05) is 26.0 Å². The first-order valence-corrected chi connectivity index (χ1v) is 5.93. The quantitative estimate of drug-likeness (QED) is 0.838. The van der Waals surface area contributed by atoms with Crippen LogP contribution in [-0.2, 0) is 4.79 Å². The molecule has 0 saturated heterocycles. The van der Waals surface area contributed by atoms with E-state index in [1.807, 2.05) is 13.8 Å². The number of carbonyl (C=O) groups is 2. The predicted molar refractivity (Wildman–Crippen MR) is 66.8 cm³/mol. The smallest absolute Gasteiger partial charge is 0.319 e. The van der Waals surface area contributed by atoms with Gasteiger partial charge in [0.05, 0.1) is 17.7 Å². The molecule has 0 saturated carbocycles. The Balaban J connectivity index is 2.63. The average Bonchev–Trinajstić information content (AvgIpc) is 2.30. The summed E-state index contributed by atoms with van der Waals surface area (Å²) < 4.78 is 13.3. The number of carbonyl (C=O) groups excluding carboxylic acids is 2. The third kappa shape index (κ3) is 4.95. The third-order valence-corrected chi connectivity index (χ3v) is 2.42. The molecule has 104 valence electrons. The first kappa shape index (κ1) is 14.9. The zero-order valence-electron chi connectivity index (χ0n) is 10.8. The van der Waals surface area contributed by atoms with Crippen LogP contribution in [0.1, 0.15) is 20.3 Å². The summed E-state index contributed by atoms with van der Waals surface area (Å²) in [4.78, 5) is 22.4. The Labute approximate surface area is 110 Å². The number of amides is 2. The molecule has 0 unspecified atom stereocenters. The summed E-state index contributed by atoms with van der Waals surface area (Å²) >= 11 is 0. The summed E-state index contributed by atoms with van der Waals surface area (Å²) in [6.07, 6.45) is 0.243. The molecular formula is C13H16FN2O3-. The number of nitrogens with one attached hydrogen (secondary N) is 2. The van der Waals surface area contributed by atoms with Crippen LogP contribution in [0.4, 0.5) is 14.9 Å². The van der Waals surface area contributed by atoms with E-state index in [1.165, 1.54) is 18.2 Å². The molecule has 0 aliphatic rings. The zero-order valence-corrected chi connectivity index (χ0v) is 10.8. The van der Waals surface area contributed by atoms with E-state index in [-0.39, 0.29) is 18.0 Å². The average molecular weight is 267 g/mol. The molecular weight excluding hydrogens is 251 g/mol. The minimum atomic E-state index is -1.36. The van der Waals surface area contributed by atoms with E-state index in [4.69, 9.17) is 0 Å². The predicted octanol–water partition coefficient (Wildman–Crippen LogP) is 1.11. The number of benzene rings is 1. The Morgan fingerprint density at radius 2 is 1.95 bits per heavy atom. The highest BCUT2D eigenvalue weighted by molar-refractivity contribution is 5.92. The topological polar surface area (TPSA) is 81.3 Å². The number of hydrogen-bond donors (Lipinski definition) is 2. The maximum atomic E-state index is 13.3. The lowest BCUT2D eigenvalue weighted by atomic mass is 10.0. The molecule has 1 atom stereocenters. The van der Waals surface area contributed by atoms with E-state index in [0.717, 1.165) is 0 Å². The molecule has 0 radical (unpaired) electrons. The van der Waals surface area contributed by atoms with Gasteiger partial charge in [-0.15, -0.1) is 0 Å². The number of carboxylic acid groups (broad SMARTS) is 1. The van der Waals surface area contributed by atoms with Crippen molar-refractivity contribution >= 4 is 17.7 Å². The highest BCUT2D eigenvalue weighted by Gasteiger charge is 2.15. The fraction of sp³-hybridized carbons (Fsp3) is 0.385. The summed E-state index contributed by atoms with van der Waals surface area (Å²) in [5, 5.41) is 15.4. The Kier molecular flexibility index (Phi) is 5.29. The highest BCUT2D eigenvalue weighted by Crippen LogP contribution is 2.12. The van der Waals surface area contributed by atoms with Gasteiger partial charge in [0.25, 0.3) is 0 Å². The largest absolute Gasteiger partial charge is 0.548 e. The van der Waals surface area contributed by atoms with Gasteiger partial charge >= 0.3 is 6.03 Å². The second-order valence-corrected chi connectivity index (χ2v) is 4.58. The van der Waals surface area contributed by atoms with Crippen molar-refractivity contribution in [2.75, 3.05) is 5.32 Å². The van der Waals surface area contributed by atoms with Crippen molar-refractivity contribution in [1.29, 1.82) is 0 Å². The first-order chi connectivity index (χ1) is 8.90. The second-order valence-electron chi connectivity index (χ2n) is 4.58. The standard InChI is InChI=1S/C13H17FN2O3/c1-8(2)7-11(12(17)18)16-13(19)15-10-6-4-3-5-9(10)14/h3-6,8,11H,7H2,1-2H3,(H,17,18)(H2,15,16,19)/p-1/t11-/m0/s1. The molecule has 0 aliphatic carbocycles. The van der Waals surface area contributed by atoms with Gasteiger partial charge in [0.2, 0.25) is 0 Å². The van der Waals surface area contributed by atoms with Crippen molar-refractivity contribution < 1.29 is 19.1 Å². The molecule has 1 aromatic carbocycles. The molecule has 1 rings (SSSR count). The molecule has 0 spiro atoms. The molecule has 0 fully saturated rings. The fourth-order valence-corrected chi connectivity index (χ4v) is 1.56. The van der Waals surface area contributed by atoms with Crippen LogP contribution in [0.3, 0.4) is 0 Å². The van der Waals surface area contributed by atoms with E-state index in [0.29, 0.717) is 0 Å².